The van der Waals surface area contributed by atoms with Gasteiger partial charge in [-0.05, 0) is 61.4 Å². The summed E-state index contributed by atoms with van der Waals surface area (Å²) in [4.78, 5) is 0. The minimum Gasteiger partial charge on any atom is -0.493 e. The molecular formula is C23H28O8S2. The maximum absolute atomic E-state index is 11.5. The highest BCUT2D eigenvalue weighted by molar-refractivity contribution is 7.90. The van der Waals surface area contributed by atoms with E-state index >= 15 is 0 Å². The van der Waals surface area contributed by atoms with E-state index in [0.717, 1.165) is 10.8 Å². The van der Waals surface area contributed by atoms with Gasteiger partial charge in [-0.15, -0.1) is 0 Å². The van der Waals surface area contributed by atoms with Gasteiger partial charge in [-0.3, -0.25) is 8.37 Å². The predicted molar refractivity (Wildman–Crippen MR) is 128 cm³/mol. The molecule has 180 valence electrons. The zero-order valence-corrected chi connectivity index (χ0v) is 20.2. The van der Waals surface area contributed by atoms with E-state index in [9.17, 15) is 16.8 Å². The van der Waals surface area contributed by atoms with E-state index in [1.165, 1.54) is 12.2 Å². The van der Waals surface area contributed by atoms with Crippen molar-refractivity contribution in [3.05, 3.63) is 70.5 Å². The van der Waals surface area contributed by atoms with Gasteiger partial charge in [0.15, 0.2) is 0 Å². The average Bonchev–Trinajstić information content (AvgIpc) is 2.78. The second-order valence-electron chi connectivity index (χ2n) is 6.59. The molecule has 0 heterocycles. The van der Waals surface area contributed by atoms with E-state index < -0.39 is 20.2 Å². The van der Waals surface area contributed by atoms with Crippen molar-refractivity contribution in [2.45, 2.75) is 20.3 Å². The maximum Gasteiger partial charge on any atom is 0.290 e. The Labute approximate surface area is 195 Å². The van der Waals surface area contributed by atoms with Crippen LogP contribution in [0.2, 0.25) is 0 Å². The summed E-state index contributed by atoms with van der Waals surface area (Å²) >= 11 is 0. The lowest BCUT2D eigenvalue weighted by Crippen LogP contribution is -2.05. The topological polar surface area (TPSA) is 105 Å². The van der Waals surface area contributed by atoms with E-state index in [0.29, 0.717) is 42.3 Å². The molecule has 0 amide bonds. The lowest BCUT2D eigenvalue weighted by Gasteiger charge is -2.08. The molecule has 0 unspecified atom stereocenters. The van der Waals surface area contributed by atoms with E-state index in [-0.39, 0.29) is 13.2 Å². The Kier molecular flexibility index (Phi) is 10.6. The summed E-state index contributed by atoms with van der Waals surface area (Å²) in [6, 6.07) is 14.0. The first-order valence-electron chi connectivity index (χ1n) is 10.3. The van der Waals surface area contributed by atoms with Crippen molar-refractivity contribution >= 4 is 32.4 Å². The number of hydrogen-bond acceptors (Lipinski definition) is 8. The molecule has 0 N–H and O–H groups in total. The molecule has 0 radical (unpaired) electrons. The summed E-state index contributed by atoms with van der Waals surface area (Å²) in [6.45, 7) is 4.30. The fraction of sp³-hybridized carbons (Fsp3) is 0.304. The van der Waals surface area contributed by atoms with Gasteiger partial charge in [0.2, 0.25) is 0 Å². The quantitative estimate of drug-likeness (QED) is 0.283. The van der Waals surface area contributed by atoms with Crippen molar-refractivity contribution in [2.24, 2.45) is 0 Å². The zero-order chi connectivity index (χ0) is 24.2. The van der Waals surface area contributed by atoms with Crippen LogP contribution in [0.1, 0.15) is 31.4 Å². The van der Waals surface area contributed by atoms with Crippen molar-refractivity contribution in [2.75, 3.05) is 26.4 Å². The first-order valence-corrected chi connectivity index (χ1v) is 13.3. The Morgan fingerprint density at radius 2 is 1.00 bits per heavy atom. The number of benzene rings is 2. The van der Waals surface area contributed by atoms with E-state index in [1.54, 1.807) is 62.4 Å². The van der Waals surface area contributed by atoms with Gasteiger partial charge in [0.1, 0.15) is 11.5 Å². The van der Waals surface area contributed by atoms with Gasteiger partial charge in [-0.25, -0.2) is 0 Å². The molecule has 0 spiro atoms. The lowest BCUT2D eigenvalue weighted by molar-refractivity contribution is 0.247. The fourth-order valence-corrected chi connectivity index (χ4v) is 3.98. The largest absolute Gasteiger partial charge is 0.493 e. The third-order valence-electron chi connectivity index (χ3n) is 4.00. The van der Waals surface area contributed by atoms with Gasteiger partial charge in [-0.2, -0.15) is 16.8 Å². The van der Waals surface area contributed by atoms with Crippen LogP contribution in [0, 0.1) is 0 Å². The van der Waals surface area contributed by atoms with Crippen molar-refractivity contribution < 1.29 is 34.7 Å². The predicted octanol–water partition coefficient (Wildman–Crippen LogP) is 4.21. The van der Waals surface area contributed by atoms with E-state index in [4.69, 9.17) is 9.47 Å². The van der Waals surface area contributed by atoms with Gasteiger partial charge in [0, 0.05) is 6.42 Å². The summed E-state index contributed by atoms with van der Waals surface area (Å²) < 4.78 is 66.6. The van der Waals surface area contributed by atoms with Gasteiger partial charge >= 0.3 is 0 Å². The summed E-state index contributed by atoms with van der Waals surface area (Å²) in [5.41, 5.74) is 1.42. The second-order valence-corrected chi connectivity index (χ2v) is 9.58. The van der Waals surface area contributed by atoms with Crippen molar-refractivity contribution in [1.29, 1.82) is 0 Å². The minimum absolute atomic E-state index is 0.0905. The monoisotopic (exact) mass is 496 g/mol. The SMILES string of the molecule is CCOS(=O)(=O)/C=C/c1ccc(OCCCOc2ccc(/C=C/S(=O)(=O)OCC)cc2)cc1. The summed E-state index contributed by atoms with van der Waals surface area (Å²) in [5.74, 6) is 1.33. The molecule has 0 aliphatic rings. The first kappa shape index (κ1) is 26.6. The van der Waals surface area contributed by atoms with Crippen LogP contribution >= 0.6 is 0 Å². The van der Waals surface area contributed by atoms with Crippen LogP contribution in [-0.4, -0.2) is 43.3 Å². The zero-order valence-electron chi connectivity index (χ0n) is 18.5. The Bertz CT molecular complexity index is 1030. The molecule has 10 heteroatoms. The van der Waals surface area contributed by atoms with Crippen molar-refractivity contribution in [3.8, 4) is 11.5 Å². The molecular weight excluding hydrogens is 468 g/mol. The van der Waals surface area contributed by atoms with Crippen molar-refractivity contribution in [1.82, 2.24) is 0 Å². The molecule has 0 aliphatic heterocycles. The molecule has 0 aliphatic carbocycles. The Morgan fingerprint density at radius 1 is 0.636 bits per heavy atom. The lowest BCUT2D eigenvalue weighted by atomic mass is 10.2. The molecule has 0 saturated carbocycles. The minimum atomic E-state index is -3.66. The van der Waals surface area contributed by atoms with Crippen LogP contribution < -0.4 is 9.47 Å². The standard InChI is InChI=1S/C23H28O8S2/c1-3-30-32(24,25)18-14-20-6-10-22(11-7-20)28-16-5-17-29-23-12-8-21(9-13-23)15-19-33(26,27)31-4-2/h6-15,18-19H,3-5,16-17H2,1-2H3/b18-14+,19-15+. The van der Waals surface area contributed by atoms with E-state index in [2.05, 4.69) is 8.37 Å². The first-order chi connectivity index (χ1) is 15.7. The highest BCUT2D eigenvalue weighted by Crippen LogP contribution is 2.16. The molecule has 2 aromatic carbocycles. The Morgan fingerprint density at radius 3 is 1.33 bits per heavy atom. The normalized spacial score (nSPS) is 12.4. The molecule has 0 aromatic heterocycles. The highest BCUT2D eigenvalue weighted by Gasteiger charge is 2.04. The van der Waals surface area contributed by atoms with Crippen LogP contribution in [0.4, 0.5) is 0 Å². The molecule has 8 nitrogen and oxygen atoms in total. The summed E-state index contributed by atoms with van der Waals surface area (Å²) in [7, 11) is -7.31. The van der Waals surface area contributed by atoms with Crippen LogP contribution in [-0.2, 0) is 28.6 Å². The second kappa shape index (κ2) is 13.1. The number of hydrogen-bond donors (Lipinski definition) is 0. The third kappa shape index (κ3) is 10.7. The van der Waals surface area contributed by atoms with Gasteiger partial charge in [-0.1, -0.05) is 24.3 Å². The third-order valence-corrected chi connectivity index (χ3v) is 6.07. The summed E-state index contributed by atoms with van der Waals surface area (Å²) in [6.07, 6.45) is 3.58. The molecule has 0 atom stereocenters. The smallest absolute Gasteiger partial charge is 0.290 e. The molecule has 2 aromatic rings. The Hall–Kier alpha value is -2.66. The van der Waals surface area contributed by atoms with Crippen LogP contribution in [0.3, 0.4) is 0 Å². The highest BCUT2D eigenvalue weighted by atomic mass is 32.2. The van der Waals surface area contributed by atoms with Gasteiger partial charge < -0.3 is 9.47 Å². The molecule has 0 bridgehead atoms. The fourth-order valence-electron chi connectivity index (χ4n) is 2.52. The molecule has 2 rings (SSSR count). The van der Waals surface area contributed by atoms with Gasteiger partial charge in [0.05, 0.1) is 37.2 Å². The van der Waals surface area contributed by atoms with Crippen LogP contribution in [0.25, 0.3) is 12.2 Å². The van der Waals surface area contributed by atoms with E-state index in [1.807, 2.05) is 0 Å². The van der Waals surface area contributed by atoms with Crippen LogP contribution in [0.15, 0.2) is 59.3 Å². The maximum atomic E-state index is 11.5. The molecule has 0 fully saturated rings. The molecule has 33 heavy (non-hydrogen) atoms. The van der Waals surface area contributed by atoms with Gasteiger partial charge in [0.25, 0.3) is 20.2 Å². The Balaban J connectivity index is 1.72. The average molecular weight is 497 g/mol. The summed E-state index contributed by atoms with van der Waals surface area (Å²) in [5, 5.41) is 2.05. The number of rotatable bonds is 14. The number of ether oxygens (including phenoxy) is 2. The molecule has 0 saturated heterocycles. The van der Waals surface area contributed by atoms with Crippen molar-refractivity contribution in [3.63, 3.8) is 0 Å². The van der Waals surface area contributed by atoms with Crippen LogP contribution in [0.5, 0.6) is 11.5 Å².